The third-order valence-corrected chi connectivity index (χ3v) is 4.18. The molecule has 0 unspecified atom stereocenters. The zero-order valence-corrected chi connectivity index (χ0v) is 13.0. The summed E-state index contributed by atoms with van der Waals surface area (Å²) in [5.74, 6) is -0.183. The fraction of sp³-hybridized carbons (Fsp3) is 0.316. The summed E-state index contributed by atoms with van der Waals surface area (Å²) >= 11 is 0. The van der Waals surface area contributed by atoms with E-state index in [2.05, 4.69) is 17.0 Å². The first-order valence-electron chi connectivity index (χ1n) is 7.62. The van der Waals surface area contributed by atoms with Crippen LogP contribution >= 0.6 is 0 Å². The molecule has 0 aromatic heterocycles. The number of nitrogens with zero attached hydrogens (tertiary/aromatic N) is 1. The van der Waals surface area contributed by atoms with Crippen LogP contribution in [0.1, 0.15) is 23.1 Å². The van der Waals surface area contributed by atoms with Crippen molar-refractivity contribution in [1.82, 2.24) is 4.90 Å². The zero-order chi connectivity index (χ0) is 15.5. The number of carbonyl (C=O) groups is 1. The molecule has 0 bridgehead atoms. The normalized spacial score (nSPS) is 24.5. The SMILES string of the molecule is CN(C)C[C@@H]1C(=O)O[C@H](c2ccccc2)[C@@H]1c1ccccc1. The highest BCUT2D eigenvalue weighted by Crippen LogP contribution is 2.46. The molecule has 1 aliphatic rings. The van der Waals surface area contributed by atoms with E-state index in [1.54, 1.807) is 0 Å². The van der Waals surface area contributed by atoms with Gasteiger partial charge in [-0.2, -0.15) is 0 Å². The summed E-state index contributed by atoms with van der Waals surface area (Å²) in [6.07, 6.45) is -0.207. The van der Waals surface area contributed by atoms with Crippen LogP contribution in [-0.2, 0) is 9.53 Å². The molecule has 0 radical (unpaired) electrons. The van der Waals surface area contributed by atoms with Gasteiger partial charge in [0.25, 0.3) is 0 Å². The number of benzene rings is 2. The maximum Gasteiger partial charge on any atom is 0.311 e. The highest BCUT2D eigenvalue weighted by molar-refractivity contribution is 5.77. The van der Waals surface area contributed by atoms with Crippen molar-refractivity contribution < 1.29 is 9.53 Å². The summed E-state index contributed by atoms with van der Waals surface area (Å²) in [6, 6.07) is 20.2. The van der Waals surface area contributed by atoms with Crippen LogP contribution in [0.3, 0.4) is 0 Å². The second-order valence-corrected chi connectivity index (χ2v) is 6.07. The van der Waals surface area contributed by atoms with E-state index in [-0.39, 0.29) is 23.9 Å². The third kappa shape index (κ3) is 2.90. The summed E-state index contributed by atoms with van der Waals surface area (Å²) in [6.45, 7) is 0.696. The molecule has 3 rings (SSSR count). The molecule has 1 saturated heterocycles. The number of carbonyl (C=O) groups excluding carboxylic acids is 1. The Bertz CT molecular complexity index is 624. The van der Waals surface area contributed by atoms with Crippen LogP contribution in [0.4, 0.5) is 0 Å². The maximum atomic E-state index is 12.4. The number of ether oxygens (including phenoxy) is 1. The van der Waals surface area contributed by atoms with Crippen LogP contribution in [0.2, 0.25) is 0 Å². The van der Waals surface area contributed by atoms with E-state index < -0.39 is 0 Å². The molecular formula is C19H21NO2. The number of rotatable bonds is 4. The quantitative estimate of drug-likeness (QED) is 0.811. The van der Waals surface area contributed by atoms with E-state index in [9.17, 15) is 4.79 Å². The van der Waals surface area contributed by atoms with E-state index in [0.717, 1.165) is 11.1 Å². The zero-order valence-electron chi connectivity index (χ0n) is 13.0. The first-order valence-corrected chi connectivity index (χ1v) is 7.62. The van der Waals surface area contributed by atoms with Gasteiger partial charge in [0.15, 0.2) is 0 Å². The molecule has 0 saturated carbocycles. The number of hydrogen-bond acceptors (Lipinski definition) is 3. The van der Waals surface area contributed by atoms with E-state index in [0.29, 0.717) is 6.54 Å². The average molecular weight is 295 g/mol. The maximum absolute atomic E-state index is 12.4. The summed E-state index contributed by atoms with van der Waals surface area (Å²) in [5.41, 5.74) is 2.22. The lowest BCUT2D eigenvalue weighted by atomic mass is 9.81. The molecular weight excluding hydrogens is 274 g/mol. The van der Waals surface area contributed by atoms with Gasteiger partial charge in [0, 0.05) is 12.5 Å². The molecule has 3 nitrogen and oxygen atoms in total. The van der Waals surface area contributed by atoms with Crippen molar-refractivity contribution in [2.45, 2.75) is 12.0 Å². The minimum absolute atomic E-state index is 0.0542. The second-order valence-electron chi connectivity index (χ2n) is 6.07. The van der Waals surface area contributed by atoms with E-state index in [1.807, 2.05) is 62.6 Å². The molecule has 1 aliphatic heterocycles. The first kappa shape index (κ1) is 14.8. The van der Waals surface area contributed by atoms with Crippen LogP contribution in [0.25, 0.3) is 0 Å². The van der Waals surface area contributed by atoms with Gasteiger partial charge in [-0.1, -0.05) is 60.7 Å². The van der Waals surface area contributed by atoms with Gasteiger partial charge in [0.1, 0.15) is 6.10 Å². The number of esters is 1. The van der Waals surface area contributed by atoms with E-state index >= 15 is 0 Å². The van der Waals surface area contributed by atoms with Crippen LogP contribution in [0.15, 0.2) is 60.7 Å². The lowest BCUT2D eigenvalue weighted by Crippen LogP contribution is -2.28. The molecule has 0 aliphatic carbocycles. The van der Waals surface area contributed by atoms with Crippen molar-refractivity contribution in [3.05, 3.63) is 71.8 Å². The third-order valence-electron chi connectivity index (χ3n) is 4.18. The largest absolute Gasteiger partial charge is 0.457 e. The average Bonchev–Trinajstić information content (AvgIpc) is 2.85. The van der Waals surface area contributed by atoms with Crippen molar-refractivity contribution in [2.24, 2.45) is 5.92 Å². The molecule has 2 aromatic carbocycles. The lowest BCUT2D eigenvalue weighted by molar-refractivity contribution is -0.144. The van der Waals surface area contributed by atoms with Crippen molar-refractivity contribution in [3.8, 4) is 0 Å². The monoisotopic (exact) mass is 295 g/mol. The van der Waals surface area contributed by atoms with Crippen molar-refractivity contribution in [2.75, 3.05) is 20.6 Å². The Hall–Kier alpha value is -2.13. The molecule has 2 aromatic rings. The van der Waals surface area contributed by atoms with Gasteiger partial charge in [-0.25, -0.2) is 0 Å². The molecule has 3 heteroatoms. The highest BCUT2D eigenvalue weighted by atomic mass is 16.6. The molecule has 1 heterocycles. The predicted octanol–water partition coefficient (Wildman–Crippen LogP) is 3.25. The molecule has 22 heavy (non-hydrogen) atoms. The van der Waals surface area contributed by atoms with Gasteiger partial charge >= 0.3 is 5.97 Å². The van der Waals surface area contributed by atoms with Gasteiger partial charge in [-0.3, -0.25) is 4.79 Å². The van der Waals surface area contributed by atoms with Gasteiger partial charge < -0.3 is 9.64 Å². The molecule has 1 fully saturated rings. The Balaban J connectivity index is 2.00. The predicted molar refractivity (Wildman–Crippen MR) is 86.5 cm³/mol. The van der Waals surface area contributed by atoms with Gasteiger partial charge in [-0.05, 0) is 25.2 Å². The van der Waals surface area contributed by atoms with Gasteiger partial charge in [-0.15, -0.1) is 0 Å². The molecule has 0 spiro atoms. The van der Waals surface area contributed by atoms with Crippen molar-refractivity contribution in [3.63, 3.8) is 0 Å². The Morgan fingerprint density at radius 3 is 2.00 bits per heavy atom. The Kier molecular flexibility index (Phi) is 4.25. The minimum atomic E-state index is -0.207. The Morgan fingerprint density at radius 2 is 1.45 bits per heavy atom. The van der Waals surface area contributed by atoms with Crippen molar-refractivity contribution >= 4 is 5.97 Å². The Labute approximate surface area is 131 Å². The van der Waals surface area contributed by atoms with Gasteiger partial charge in [0.05, 0.1) is 5.92 Å². The Morgan fingerprint density at radius 1 is 0.909 bits per heavy atom. The van der Waals surface area contributed by atoms with Crippen LogP contribution < -0.4 is 0 Å². The number of hydrogen-bond donors (Lipinski definition) is 0. The first-order chi connectivity index (χ1) is 10.7. The summed E-state index contributed by atoms with van der Waals surface area (Å²) in [7, 11) is 3.98. The van der Waals surface area contributed by atoms with E-state index in [1.165, 1.54) is 0 Å². The van der Waals surface area contributed by atoms with Gasteiger partial charge in [0.2, 0.25) is 0 Å². The summed E-state index contributed by atoms with van der Waals surface area (Å²) in [4.78, 5) is 14.5. The minimum Gasteiger partial charge on any atom is -0.457 e. The standard InChI is InChI=1S/C19H21NO2/c1-20(2)13-16-17(14-9-5-3-6-10-14)18(22-19(16)21)15-11-7-4-8-12-15/h3-12,16-18H,13H2,1-2H3/t16-,17+,18+/m0/s1. The van der Waals surface area contributed by atoms with Crippen molar-refractivity contribution in [1.29, 1.82) is 0 Å². The second kappa shape index (κ2) is 6.32. The number of cyclic esters (lactones) is 1. The van der Waals surface area contributed by atoms with E-state index in [4.69, 9.17) is 4.74 Å². The summed E-state index contributed by atoms with van der Waals surface area (Å²) in [5, 5.41) is 0. The highest BCUT2D eigenvalue weighted by Gasteiger charge is 2.46. The van der Waals surface area contributed by atoms with Crippen LogP contribution in [-0.4, -0.2) is 31.5 Å². The fourth-order valence-corrected chi connectivity index (χ4v) is 3.23. The topological polar surface area (TPSA) is 29.5 Å². The van der Waals surface area contributed by atoms with Crippen LogP contribution in [0.5, 0.6) is 0 Å². The smallest absolute Gasteiger partial charge is 0.311 e. The molecule has 114 valence electrons. The van der Waals surface area contributed by atoms with Crippen LogP contribution in [0, 0.1) is 5.92 Å². The molecule has 0 amide bonds. The fourth-order valence-electron chi connectivity index (χ4n) is 3.23. The molecule has 0 N–H and O–H groups in total. The molecule has 3 atom stereocenters. The summed E-state index contributed by atoms with van der Waals surface area (Å²) < 4.78 is 5.76. The lowest BCUT2D eigenvalue weighted by Gasteiger charge is -2.23.